The molecule has 2 aromatic heterocycles. The number of ether oxygens (including phenoxy) is 1. The summed E-state index contributed by atoms with van der Waals surface area (Å²) in [6.45, 7) is 1.87. The normalized spacial score (nSPS) is 10.5. The fourth-order valence-electron chi connectivity index (χ4n) is 1.12. The van der Waals surface area contributed by atoms with Crippen molar-refractivity contribution >= 4 is 11.2 Å². The Kier molecular flexibility index (Phi) is 1.46. The number of aromatic amines is 1. The van der Waals surface area contributed by atoms with Crippen LogP contribution in [-0.2, 0) is 0 Å². The molecule has 0 aliphatic carbocycles. The van der Waals surface area contributed by atoms with Crippen LogP contribution in [0.3, 0.4) is 0 Å². The van der Waals surface area contributed by atoms with Crippen LogP contribution >= 0.6 is 0 Å². The highest BCUT2D eigenvalue weighted by atomic mass is 16.5. The van der Waals surface area contributed by atoms with E-state index in [2.05, 4.69) is 22.1 Å². The number of nitrogens with one attached hydrogen (secondary N) is 1. The molecule has 0 amide bonds. The molecule has 1 radical (unpaired) electrons. The number of H-pyrrole nitrogens is 1. The van der Waals surface area contributed by atoms with E-state index in [4.69, 9.17) is 4.74 Å². The van der Waals surface area contributed by atoms with Crippen molar-refractivity contribution in [2.75, 3.05) is 0 Å². The molecule has 0 saturated carbocycles. The Hall–Kier alpha value is -1.58. The summed E-state index contributed by atoms with van der Waals surface area (Å²) in [5.41, 5.74) is 1.46. The van der Waals surface area contributed by atoms with Crippen molar-refractivity contribution in [3.63, 3.8) is 0 Å². The number of pyridine rings is 1. The van der Waals surface area contributed by atoms with E-state index in [9.17, 15) is 0 Å². The molecule has 12 heavy (non-hydrogen) atoms. The van der Waals surface area contributed by atoms with E-state index >= 15 is 0 Å². The van der Waals surface area contributed by atoms with Crippen molar-refractivity contribution in [2.45, 2.75) is 6.92 Å². The summed E-state index contributed by atoms with van der Waals surface area (Å²) in [4.78, 5) is 11.2. The fourth-order valence-corrected chi connectivity index (χ4v) is 1.12. The Morgan fingerprint density at radius 2 is 2.42 bits per heavy atom. The van der Waals surface area contributed by atoms with Gasteiger partial charge in [0.2, 0.25) is 0 Å². The zero-order valence-electron chi connectivity index (χ0n) is 6.66. The average Bonchev–Trinajstić information content (AvgIpc) is 2.44. The second kappa shape index (κ2) is 2.48. The molecule has 2 rings (SSSR count). The summed E-state index contributed by atoms with van der Waals surface area (Å²) < 4.78 is 4.88. The molecular weight excluding hydrogens is 154 g/mol. The van der Waals surface area contributed by atoms with Crippen LogP contribution in [0.5, 0.6) is 5.75 Å². The lowest BCUT2D eigenvalue weighted by molar-refractivity contribution is 0.477. The number of fused-ring (bicyclic) bond motifs is 1. The summed E-state index contributed by atoms with van der Waals surface area (Å²) in [5, 5.41) is 0. The first-order valence-corrected chi connectivity index (χ1v) is 3.54. The highest BCUT2D eigenvalue weighted by molar-refractivity contribution is 5.77. The van der Waals surface area contributed by atoms with Crippen LogP contribution in [0.15, 0.2) is 12.3 Å². The SMILES string of the molecule is [CH2]Oc1ccnc2nc(C)[nH]c12. The number of hydrogen-bond acceptors (Lipinski definition) is 3. The smallest absolute Gasteiger partial charge is 0.181 e. The molecule has 0 unspecified atom stereocenters. The van der Waals surface area contributed by atoms with Gasteiger partial charge in [0.25, 0.3) is 0 Å². The quantitative estimate of drug-likeness (QED) is 0.690. The predicted molar refractivity (Wildman–Crippen MR) is 44.6 cm³/mol. The maximum Gasteiger partial charge on any atom is 0.181 e. The molecule has 61 valence electrons. The lowest BCUT2D eigenvalue weighted by atomic mass is 10.4. The zero-order valence-corrected chi connectivity index (χ0v) is 6.66. The number of aromatic nitrogens is 3. The Labute approximate surface area is 69.6 Å². The minimum Gasteiger partial charge on any atom is -0.488 e. The average molecular weight is 162 g/mol. The molecule has 4 heteroatoms. The first-order valence-electron chi connectivity index (χ1n) is 3.54. The molecule has 0 aliphatic rings. The molecule has 2 heterocycles. The van der Waals surface area contributed by atoms with Crippen molar-refractivity contribution in [1.29, 1.82) is 0 Å². The standard InChI is InChI=1S/C8H8N3O/c1-5-10-7-6(12-2)3-4-9-8(7)11-5/h3-4H,2H2,1H3,(H,9,10,11). The molecule has 4 nitrogen and oxygen atoms in total. The third kappa shape index (κ3) is 0.922. The molecule has 0 bridgehead atoms. The van der Waals surface area contributed by atoms with Crippen LogP contribution in [-0.4, -0.2) is 15.0 Å². The lowest BCUT2D eigenvalue weighted by Crippen LogP contribution is -1.82. The highest BCUT2D eigenvalue weighted by Gasteiger charge is 2.04. The highest BCUT2D eigenvalue weighted by Crippen LogP contribution is 2.20. The van der Waals surface area contributed by atoms with Gasteiger partial charge in [-0.15, -0.1) is 0 Å². The molecule has 0 saturated heterocycles. The summed E-state index contributed by atoms with van der Waals surface area (Å²) in [5.74, 6) is 1.49. The second-order valence-electron chi connectivity index (χ2n) is 2.47. The van der Waals surface area contributed by atoms with Gasteiger partial charge in [0, 0.05) is 12.3 Å². The summed E-state index contributed by atoms with van der Waals surface area (Å²) in [7, 11) is 3.34. The van der Waals surface area contributed by atoms with Gasteiger partial charge in [-0.2, -0.15) is 0 Å². The molecule has 2 aromatic rings. The van der Waals surface area contributed by atoms with E-state index < -0.39 is 0 Å². The fraction of sp³-hybridized carbons (Fsp3) is 0.125. The molecular formula is C8H8N3O. The third-order valence-electron chi connectivity index (χ3n) is 1.63. The van der Waals surface area contributed by atoms with Gasteiger partial charge in [0.15, 0.2) is 5.65 Å². The Morgan fingerprint density at radius 3 is 3.17 bits per heavy atom. The van der Waals surface area contributed by atoms with E-state index in [1.165, 1.54) is 0 Å². The Bertz CT molecular complexity index is 408. The zero-order chi connectivity index (χ0) is 8.55. The number of imidazole rings is 1. The largest absolute Gasteiger partial charge is 0.488 e. The predicted octanol–water partition coefficient (Wildman–Crippen LogP) is 1.44. The first-order chi connectivity index (χ1) is 5.81. The first kappa shape index (κ1) is 7.09. The molecule has 0 aliphatic heterocycles. The summed E-state index contributed by atoms with van der Waals surface area (Å²) in [6, 6.07) is 1.74. The minimum atomic E-state index is 0.661. The van der Waals surface area contributed by atoms with Gasteiger partial charge in [-0.05, 0) is 6.92 Å². The van der Waals surface area contributed by atoms with Crippen molar-refractivity contribution in [2.24, 2.45) is 0 Å². The van der Waals surface area contributed by atoms with Crippen molar-refractivity contribution in [3.8, 4) is 5.75 Å². The van der Waals surface area contributed by atoms with Gasteiger partial charge in [-0.3, -0.25) is 0 Å². The van der Waals surface area contributed by atoms with Gasteiger partial charge < -0.3 is 9.72 Å². The van der Waals surface area contributed by atoms with Gasteiger partial charge in [-0.1, -0.05) is 0 Å². The van der Waals surface area contributed by atoms with Crippen LogP contribution in [0.25, 0.3) is 11.2 Å². The van der Waals surface area contributed by atoms with Crippen molar-refractivity contribution < 1.29 is 4.74 Å². The lowest BCUT2D eigenvalue weighted by Gasteiger charge is -1.97. The number of nitrogens with zero attached hydrogens (tertiary/aromatic N) is 2. The van der Waals surface area contributed by atoms with Crippen molar-refractivity contribution in [3.05, 3.63) is 25.2 Å². The van der Waals surface area contributed by atoms with Gasteiger partial charge in [0.1, 0.15) is 24.2 Å². The number of aryl methyl sites for hydroxylation is 1. The van der Waals surface area contributed by atoms with Crippen LogP contribution in [0.2, 0.25) is 0 Å². The van der Waals surface area contributed by atoms with Gasteiger partial charge >= 0.3 is 0 Å². The van der Waals surface area contributed by atoms with E-state index in [1.807, 2.05) is 6.92 Å². The second-order valence-corrected chi connectivity index (χ2v) is 2.47. The van der Waals surface area contributed by atoms with Crippen LogP contribution < -0.4 is 4.74 Å². The summed E-state index contributed by atoms with van der Waals surface area (Å²) in [6.07, 6.45) is 1.64. The van der Waals surface area contributed by atoms with Gasteiger partial charge in [-0.25, -0.2) is 9.97 Å². The van der Waals surface area contributed by atoms with E-state index in [0.717, 1.165) is 11.3 Å². The molecule has 0 spiro atoms. The maximum atomic E-state index is 4.88. The monoisotopic (exact) mass is 162 g/mol. The topological polar surface area (TPSA) is 50.8 Å². The van der Waals surface area contributed by atoms with Crippen LogP contribution in [0.1, 0.15) is 5.82 Å². The number of rotatable bonds is 1. The van der Waals surface area contributed by atoms with Crippen molar-refractivity contribution in [1.82, 2.24) is 15.0 Å². The van der Waals surface area contributed by atoms with Gasteiger partial charge in [0.05, 0.1) is 0 Å². The number of hydrogen-bond donors (Lipinski definition) is 1. The van der Waals surface area contributed by atoms with E-state index in [-0.39, 0.29) is 0 Å². The Morgan fingerprint density at radius 1 is 1.58 bits per heavy atom. The van der Waals surface area contributed by atoms with Crippen LogP contribution in [0.4, 0.5) is 0 Å². The summed E-state index contributed by atoms with van der Waals surface area (Å²) >= 11 is 0. The molecule has 0 atom stereocenters. The molecule has 0 aromatic carbocycles. The van der Waals surface area contributed by atoms with Crippen LogP contribution in [0, 0.1) is 14.0 Å². The van der Waals surface area contributed by atoms with E-state index in [0.29, 0.717) is 11.4 Å². The maximum absolute atomic E-state index is 4.88. The Balaban J connectivity index is 2.78. The van der Waals surface area contributed by atoms with E-state index in [1.54, 1.807) is 12.3 Å². The third-order valence-corrected chi connectivity index (χ3v) is 1.63. The minimum absolute atomic E-state index is 0.661. The molecule has 0 fully saturated rings. The molecule has 1 N–H and O–H groups in total.